The predicted octanol–water partition coefficient (Wildman–Crippen LogP) is 1.93. The molecule has 2 amide bonds. The van der Waals surface area contributed by atoms with Gasteiger partial charge in [-0.3, -0.25) is 9.59 Å². The first-order valence-corrected chi connectivity index (χ1v) is 8.76. The van der Waals surface area contributed by atoms with E-state index in [9.17, 15) is 9.59 Å². The van der Waals surface area contributed by atoms with Crippen molar-refractivity contribution in [3.8, 4) is 5.75 Å². The Balaban J connectivity index is 1.73. The van der Waals surface area contributed by atoms with Crippen LogP contribution in [-0.2, 0) is 16.0 Å². The zero-order chi connectivity index (χ0) is 19.2. The first-order valence-electron chi connectivity index (χ1n) is 8.76. The number of nitrogens with two attached hydrogens (primary N) is 1. The number of amides is 2. The van der Waals surface area contributed by atoms with Gasteiger partial charge in [-0.25, -0.2) is 0 Å². The maximum absolute atomic E-state index is 12.7. The first-order chi connectivity index (χ1) is 13.1. The summed E-state index contributed by atoms with van der Waals surface area (Å²) in [5.41, 5.74) is 8.13. The molecule has 0 aliphatic carbocycles. The van der Waals surface area contributed by atoms with Crippen LogP contribution in [-0.4, -0.2) is 50.1 Å². The van der Waals surface area contributed by atoms with Crippen molar-refractivity contribution < 1.29 is 19.1 Å². The van der Waals surface area contributed by atoms with Crippen LogP contribution in [0.4, 0.5) is 11.4 Å². The van der Waals surface area contributed by atoms with Crippen molar-refractivity contribution in [2.24, 2.45) is 0 Å². The number of nitrogens with zero attached hydrogens (tertiary/aromatic N) is 1. The molecule has 0 spiro atoms. The molecule has 1 saturated heterocycles. The summed E-state index contributed by atoms with van der Waals surface area (Å²) in [7, 11) is 1.52. The third kappa shape index (κ3) is 4.77. The smallest absolute Gasteiger partial charge is 0.254 e. The quantitative estimate of drug-likeness (QED) is 0.786. The molecule has 1 aliphatic heterocycles. The number of carbonyl (C=O) groups excluding carboxylic acids is 2. The Labute approximate surface area is 158 Å². The number of nitrogen functional groups attached to an aromatic ring is 1. The lowest BCUT2D eigenvalue weighted by molar-refractivity contribution is -0.115. The molecule has 3 rings (SSSR count). The van der Waals surface area contributed by atoms with Crippen molar-refractivity contribution in [1.29, 1.82) is 0 Å². The van der Waals surface area contributed by atoms with E-state index < -0.39 is 0 Å². The van der Waals surface area contributed by atoms with Crippen molar-refractivity contribution in [3.05, 3.63) is 53.6 Å². The second-order valence-corrected chi connectivity index (χ2v) is 6.29. The van der Waals surface area contributed by atoms with Gasteiger partial charge in [-0.2, -0.15) is 0 Å². The summed E-state index contributed by atoms with van der Waals surface area (Å²) in [5, 5.41) is 2.83. The van der Waals surface area contributed by atoms with E-state index in [1.54, 1.807) is 35.2 Å². The normalized spacial score (nSPS) is 13.9. The fourth-order valence-corrected chi connectivity index (χ4v) is 2.90. The molecule has 0 radical (unpaired) electrons. The van der Waals surface area contributed by atoms with Crippen LogP contribution >= 0.6 is 0 Å². The highest BCUT2D eigenvalue weighted by Gasteiger charge is 2.20. The molecule has 2 aromatic carbocycles. The molecule has 1 fully saturated rings. The Kier molecular flexibility index (Phi) is 5.93. The second kappa shape index (κ2) is 8.55. The number of ether oxygens (including phenoxy) is 2. The fraction of sp³-hybridized carbons (Fsp3) is 0.300. The average molecular weight is 369 g/mol. The van der Waals surface area contributed by atoms with E-state index >= 15 is 0 Å². The summed E-state index contributed by atoms with van der Waals surface area (Å²) in [6.07, 6.45) is 0.199. The van der Waals surface area contributed by atoms with Crippen LogP contribution in [0, 0.1) is 0 Å². The number of nitrogens with one attached hydrogen (secondary N) is 1. The molecule has 27 heavy (non-hydrogen) atoms. The van der Waals surface area contributed by atoms with Gasteiger partial charge >= 0.3 is 0 Å². The van der Waals surface area contributed by atoms with E-state index in [0.29, 0.717) is 49.0 Å². The highest BCUT2D eigenvalue weighted by atomic mass is 16.5. The van der Waals surface area contributed by atoms with E-state index in [0.717, 1.165) is 5.56 Å². The molecule has 0 aromatic heterocycles. The highest BCUT2D eigenvalue weighted by molar-refractivity contribution is 5.99. The van der Waals surface area contributed by atoms with Crippen LogP contribution in [0.15, 0.2) is 42.5 Å². The van der Waals surface area contributed by atoms with E-state index in [1.807, 2.05) is 12.1 Å². The van der Waals surface area contributed by atoms with Gasteiger partial charge in [0.05, 0.1) is 32.4 Å². The van der Waals surface area contributed by atoms with Gasteiger partial charge in [-0.15, -0.1) is 0 Å². The molecule has 0 atom stereocenters. The number of hydrogen-bond acceptors (Lipinski definition) is 5. The van der Waals surface area contributed by atoms with Crippen LogP contribution in [0.1, 0.15) is 15.9 Å². The van der Waals surface area contributed by atoms with Crippen LogP contribution in [0.3, 0.4) is 0 Å². The number of methoxy groups -OCH3 is 1. The molecule has 142 valence electrons. The van der Waals surface area contributed by atoms with E-state index in [1.165, 1.54) is 7.11 Å². The molecule has 7 heteroatoms. The van der Waals surface area contributed by atoms with Gasteiger partial charge in [0.1, 0.15) is 5.75 Å². The molecule has 0 unspecified atom stereocenters. The van der Waals surface area contributed by atoms with Crippen molar-refractivity contribution in [3.63, 3.8) is 0 Å². The Bertz CT molecular complexity index is 814. The van der Waals surface area contributed by atoms with E-state index in [4.69, 9.17) is 15.2 Å². The average Bonchev–Trinajstić information content (AvgIpc) is 2.70. The zero-order valence-corrected chi connectivity index (χ0v) is 15.2. The summed E-state index contributed by atoms with van der Waals surface area (Å²) in [6, 6.07) is 12.2. The Morgan fingerprint density at radius 3 is 2.52 bits per heavy atom. The van der Waals surface area contributed by atoms with Crippen molar-refractivity contribution >= 4 is 23.2 Å². The minimum absolute atomic E-state index is 0.0880. The van der Waals surface area contributed by atoms with Crippen LogP contribution < -0.4 is 15.8 Å². The molecular formula is C20H23N3O4. The second-order valence-electron chi connectivity index (χ2n) is 6.29. The number of rotatable bonds is 5. The summed E-state index contributed by atoms with van der Waals surface area (Å²) < 4.78 is 10.6. The van der Waals surface area contributed by atoms with Crippen molar-refractivity contribution in [1.82, 2.24) is 4.90 Å². The van der Waals surface area contributed by atoms with Crippen molar-refractivity contribution in [2.45, 2.75) is 6.42 Å². The number of morpholine rings is 1. The third-order valence-electron chi connectivity index (χ3n) is 4.36. The number of benzene rings is 2. The van der Waals surface area contributed by atoms with Gasteiger partial charge in [-0.05, 0) is 35.9 Å². The maximum Gasteiger partial charge on any atom is 0.254 e. The molecule has 2 aromatic rings. The lowest BCUT2D eigenvalue weighted by Crippen LogP contribution is -2.40. The molecule has 1 aliphatic rings. The standard InChI is InChI=1S/C20H23N3O4/c1-26-18-7-4-15(20(25)23-8-10-27-11-9-23)13-17(18)22-19(24)12-14-2-5-16(21)6-3-14/h2-7,13H,8-12,21H2,1H3,(H,22,24). The number of anilines is 2. The Morgan fingerprint density at radius 2 is 1.85 bits per heavy atom. The van der Waals surface area contributed by atoms with Crippen LogP contribution in [0.2, 0.25) is 0 Å². The summed E-state index contributed by atoms with van der Waals surface area (Å²) in [6.45, 7) is 2.19. The Morgan fingerprint density at radius 1 is 1.15 bits per heavy atom. The van der Waals surface area contributed by atoms with Gasteiger partial charge < -0.3 is 25.4 Å². The minimum Gasteiger partial charge on any atom is -0.495 e. The molecular weight excluding hydrogens is 346 g/mol. The minimum atomic E-state index is -0.200. The lowest BCUT2D eigenvalue weighted by Gasteiger charge is -2.27. The van der Waals surface area contributed by atoms with Crippen LogP contribution in [0.5, 0.6) is 5.75 Å². The van der Waals surface area contributed by atoms with Gasteiger partial charge in [-0.1, -0.05) is 12.1 Å². The SMILES string of the molecule is COc1ccc(C(=O)N2CCOCC2)cc1NC(=O)Cc1ccc(N)cc1. The summed E-state index contributed by atoms with van der Waals surface area (Å²) >= 11 is 0. The monoisotopic (exact) mass is 369 g/mol. The summed E-state index contributed by atoms with van der Waals surface area (Å²) in [5.74, 6) is 0.211. The molecule has 3 N–H and O–H groups in total. The van der Waals surface area contributed by atoms with Crippen molar-refractivity contribution in [2.75, 3.05) is 44.5 Å². The summed E-state index contributed by atoms with van der Waals surface area (Å²) in [4.78, 5) is 26.8. The highest BCUT2D eigenvalue weighted by Crippen LogP contribution is 2.26. The van der Waals surface area contributed by atoms with E-state index in [2.05, 4.69) is 5.32 Å². The maximum atomic E-state index is 12.7. The number of carbonyl (C=O) groups is 2. The molecule has 1 heterocycles. The largest absolute Gasteiger partial charge is 0.495 e. The van der Waals surface area contributed by atoms with Gasteiger partial charge in [0.25, 0.3) is 5.91 Å². The van der Waals surface area contributed by atoms with E-state index in [-0.39, 0.29) is 18.2 Å². The Hall–Kier alpha value is -3.06. The fourth-order valence-electron chi connectivity index (χ4n) is 2.90. The lowest BCUT2D eigenvalue weighted by atomic mass is 10.1. The molecule has 7 nitrogen and oxygen atoms in total. The van der Waals surface area contributed by atoms with Gasteiger partial charge in [0.15, 0.2) is 0 Å². The number of hydrogen-bond donors (Lipinski definition) is 2. The topological polar surface area (TPSA) is 93.9 Å². The van der Waals surface area contributed by atoms with Crippen LogP contribution in [0.25, 0.3) is 0 Å². The van der Waals surface area contributed by atoms with Gasteiger partial charge in [0, 0.05) is 24.3 Å². The molecule has 0 saturated carbocycles. The molecule has 0 bridgehead atoms. The third-order valence-corrected chi connectivity index (χ3v) is 4.36. The van der Waals surface area contributed by atoms with Gasteiger partial charge in [0.2, 0.25) is 5.91 Å². The first kappa shape index (κ1) is 18.7. The predicted molar refractivity (Wildman–Crippen MR) is 103 cm³/mol. The zero-order valence-electron chi connectivity index (χ0n) is 15.2.